The van der Waals surface area contributed by atoms with Gasteiger partial charge >= 0.3 is 0 Å². The Hall–Kier alpha value is -0.0600. The number of rotatable bonds is 4. The van der Waals surface area contributed by atoms with Gasteiger partial charge in [0.2, 0.25) is 0 Å². The van der Waals surface area contributed by atoms with E-state index in [4.69, 9.17) is 4.42 Å². The fourth-order valence-electron chi connectivity index (χ4n) is 0.823. The Balaban J connectivity index is 2.50. The average molecular weight is 309 g/mol. The van der Waals surface area contributed by atoms with E-state index in [1.54, 1.807) is 0 Å². The van der Waals surface area contributed by atoms with Gasteiger partial charge in [-0.25, -0.2) is 0 Å². The van der Waals surface area contributed by atoms with Crippen LogP contribution in [0.15, 0.2) is 32.3 Å². The van der Waals surface area contributed by atoms with Crippen LogP contribution in [0.1, 0.15) is 12.7 Å². The summed E-state index contributed by atoms with van der Waals surface area (Å²) in [5.74, 6) is 0.896. The van der Waals surface area contributed by atoms with Gasteiger partial charge in [0.15, 0.2) is 4.67 Å². The predicted octanol–water partition coefficient (Wildman–Crippen LogP) is 3.47. The second kappa shape index (κ2) is 4.98. The second-order valence-corrected chi connectivity index (χ2v) is 4.31. The molecular formula is C9H11Br2NO. The van der Waals surface area contributed by atoms with Gasteiger partial charge in [0.25, 0.3) is 0 Å². The molecule has 0 amide bonds. The van der Waals surface area contributed by atoms with E-state index in [-0.39, 0.29) is 0 Å². The third-order valence-electron chi connectivity index (χ3n) is 1.65. The van der Waals surface area contributed by atoms with Gasteiger partial charge in [-0.3, -0.25) is 0 Å². The zero-order chi connectivity index (χ0) is 9.84. The van der Waals surface area contributed by atoms with Gasteiger partial charge in [0.1, 0.15) is 5.76 Å². The summed E-state index contributed by atoms with van der Waals surface area (Å²) in [5.41, 5.74) is 0. The molecular weight excluding hydrogens is 298 g/mol. The maximum atomic E-state index is 5.38. The summed E-state index contributed by atoms with van der Waals surface area (Å²) in [7, 11) is 0. The van der Waals surface area contributed by atoms with Crippen molar-refractivity contribution in [2.24, 2.45) is 0 Å². The lowest BCUT2D eigenvalue weighted by Crippen LogP contribution is -2.22. The molecule has 1 heterocycles. The van der Waals surface area contributed by atoms with E-state index in [0.717, 1.165) is 14.9 Å². The molecule has 2 nitrogen and oxygen atoms in total. The monoisotopic (exact) mass is 307 g/mol. The molecule has 0 aliphatic rings. The van der Waals surface area contributed by atoms with Crippen molar-refractivity contribution in [2.45, 2.75) is 19.5 Å². The van der Waals surface area contributed by atoms with E-state index < -0.39 is 0 Å². The van der Waals surface area contributed by atoms with E-state index in [1.807, 2.05) is 19.1 Å². The summed E-state index contributed by atoms with van der Waals surface area (Å²) in [6.07, 6.45) is 1.85. The highest BCUT2D eigenvalue weighted by molar-refractivity contribution is 9.13. The summed E-state index contributed by atoms with van der Waals surface area (Å²) >= 11 is 6.63. The van der Waals surface area contributed by atoms with Crippen LogP contribution in [0.5, 0.6) is 0 Å². The van der Waals surface area contributed by atoms with Crippen LogP contribution in [0.4, 0.5) is 0 Å². The fourth-order valence-corrected chi connectivity index (χ4v) is 1.48. The first-order valence-electron chi connectivity index (χ1n) is 3.93. The number of hydrogen-bond acceptors (Lipinski definition) is 2. The molecule has 0 aliphatic carbocycles. The molecule has 1 atom stereocenters. The minimum absolute atomic E-state index is 0.294. The maximum absolute atomic E-state index is 5.38. The lowest BCUT2D eigenvalue weighted by molar-refractivity contribution is 0.457. The molecule has 0 aliphatic heterocycles. The van der Waals surface area contributed by atoms with Crippen LogP contribution >= 0.6 is 31.9 Å². The Morgan fingerprint density at radius 3 is 2.85 bits per heavy atom. The van der Waals surface area contributed by atoms with Crippen LogP contribution in [0, 0.1) is 0 Å². The smallest absolute Gasteiger partial charge is 0.183 e. The SMILES string of the molecule is C=CC(C)NCc1cc(Br)c(Br)o1. The normalized spacial score (nSPS) is 12.8. The Morgan fingerprint density at radius 2 is 2.38 bits per heavy atom. The first kappa shape index (κ1) is 11.0. The number of nitrogens with one attached hydrogen (secondary N) is 1. The number of halogens is 2. The van der Waals surface area contributed by atoms with Crippen LogP contribution in [-0.2, 0) is 6.54 Å². The third-order valence-corrected chi connectivity index (χ3v) is 3.36. The van der Waals surface area contributed by atoms with Crippen molar-refractivity contribution in [1.82, 2.24) is 5.32 Å². The van der Waals surface area contributed by atoms with Gasteiger partial charge in [0.05, 0.1) is 11.0 Å². The molecule has 1 aromatic rings. The minimum atomic E-state index is 0.294. The summed E-state index contributed by atoms with van der Waals surface area (Å²) in [4.78, 5) is 0. The molecule has 0 bridgehead atoms. The van der Waals surface area contributed by atoms with E-state index in [9.17, 15) is 0 Å². The summed E-state index contributed by atoms with van der Waals surface area (Å²) in [6, 6.07) is 2.23. The zero-order valence-corrected chi connectivity index (χ0v) is 10.5. The second-order valence-electron chi connectivity index (χ2n) is 2.74. The standard InChI is InChI=1S/C9H11Br2NO/c1-3-6(2)12-5-7-4-8(10)9(11)13-7/h3-4,6,12H,1,5H2,2H3. The van der Waals surface area contributed by atoms with Gasteiger partial charge in [0, 0.05) is 6.04 Å². The molecule has 0 fully saturated rings. The van der Waals surface area contributed by atoms with Crippen LogP contribution in [0.25, 0.3) is 0 Å². The lowest BCUT2D eigenvalue weighted by atomic mass is 10.3. The fraction of sp³-hybridized carbons (Fsp3) is 0.333. The molecule has 13 heavy (non-hydrogen) atoms. The molecule has 1 aromatic heterocycles. The molecule has 1 N–H and O–H groups in total. The molecule has 72 valence electrons. The van der Waals surface area contributed by atoms with E-state index in [2.05, 4.69) is 43.8 Å². The first-order valence-corrected chi connectivity index (χ1v) is 5.51. The Morgan fingerprint density at radius 1 is 1.69 bits per heavy atom. The molecule has 1 unspecified atom stereocenters. The Kier molecular flexibility index (Phi) is 4.22. The third kappa shape index (κ3) is 3.29. The highest BCUT2D eigenvalue weighted by Gasteiger charge is 2.05. The Bertz CT molecular complexity index is 276. The number of hydrogen-bond donors (Lipinski definition) is 1. The van der Waals surface area contributed by atoms with Gasteiger partial charge in [-0.15, -0.1) is 6.58 Å². The lowest BCUT2D eigenvalue weighted by Gasteiger charge is -2.05. The maximum Gasteiger partial charge on any atom is 0.183 e. The highest BCUT2D eigenvalue weighted by atomic mass is 79.9. The van der Waals surface area contributed by atoms with Crippen molar-refractivity contribution >= 4 is 31.9 Å². The average Bonchev–Trinajstić information content (AvgIpc) is 2.42. The molecule has 0 aromatic carbocycles. The first-order chi connectivity index (χ1) is 6.13. The van der Waals surface area contributed by atoms with Gasteiger partial charge < -0.3 is 9.73 Å². The molecule has 0 spiro atoms. The van der Waals surface area contributed by atoms with Crippen molar-refractivity contribution < 1.29 is 4.42 Å². The van der Waals surface area contributed by atoms with Gasteiger partial charge in [-0.05, 0) is 44.8 Å². The minimum Gasteiger partial charge on any atom is -0.452 e. The highest BCUT2D eigenvalue weighted by Crippen LogP contribution is 2.26. The molecule has 0 saturated carbocycles. The predicted molar refractivity (Wildman–Crippen MR) is 60.6 cm³/mol. The van der Waals surface area contributed by atoms with E-state index in [1.165, 1.54) is 0 Å². The quantitative estimate of drug-likeness (QED) is 0.862. The Labute approximate surface area is 94.6 Å². The van der Waals surface area contributed by atoms with E-state index >= 15 is 0 Å². The van der Waals surface area contributed by atoms with Crippen LogP contribution in [0.2, 0.25) is 0 Å². The number of furan rings is 1. The van der Waals surface area contributed by atoms with Crippen molar-refractivity contribution in [3.8, 4) is 0 Å². The van der Waals surface area contributed by atoms with Crippen LogP contribution in [0.3, 0.4) is 0 Å². The topological polar surface area (TPSA) is 25.2 Å². The molecule has 0 radical (unpaired) electrons. The van der Waals surface area contributed by atoms with Crippen molar-refractivity contribution in [3.63, 3.8) is 0 Å². The van der Waals surface area contributed by atoms with Crippen LogP contribution < -0.4 is 5.32 Å². The zero-order valence-electron chi connectivity index (χ0n) is 7.31. The van der Waals surface area contributed by atoms with Gasteiger partial charge in [-0.2, -0.15) is 0 Å². The summed E-state index contributed by atoms with van der Waals surface area (Å²) in [5, 5.41) is 3.24. The van der Waals surface area contributed by atoms with Crippen LogP contribution in [-0.4, -0.2) is 6.04 Å². The van der Waals surface area contributed by atoms with Crippen molar-refractivity contribution in [3.05, 3.63) is 33.6 Å². The molecule has 1 rings (SSSR count). The summed E-state index contributed by atoms with van der Waals surface area (Å²) in [6.45, 7) is 6.43. The summed E-state index contributed by atoms with van der Waals surface area (Å²) < 4.78 is 7.05. The molecule has 4 heteroatoms. The van der Waals surface area contributed by atoms with Crippen molar-refractivity contribution in [1.29, 1.82) is 0 Å². The van der Waals surface area contributed by atoms with Crippen molar-refractivity contribution in [2.75, 3.05) is 0 Å². The van der Waals surface area contributed by atoms with E-state index in [0.29, 0.717) is 12.6 Å². The van der Waals surface area contributed by atoms with Gasteiger partial charge in [-0.1, -0.05) is 6.08 Å². The molecule has 0 saturated heterocycles. The largest absolute Gasteiger partial charge is 0.452 e.